The molecule has 1 fully saturated rings. The van der Waals surface area contributed by atoms with Crippen LogP contribution in [0.2, 0.25) is 0 Å². The van der Waals surface area contributed by atoms with Crippen LogP contribution in [0.5, 0.6) is 0 Å². The second-order valence-electron chi connectivity index (χ2n) is 5.40. The van der Waals surface area contributed by atoms with Crippen molar-refractivity contribution in [3.8, 4) is 0 Å². The zero-order valence-corrected chi connectivity index (χ0v) is 12.2. The third-order valence-corrected chi connectivity index (χ3v) is 3.61. The van der Waals surface area contributed by atoms with Gasteiger partial charge in [0.1, 0.15) is 11.6 Å². The van der Waals surface area contributed by atoms with Crippen molar-refractivity contribution in [2.45, 2.75) is 19.8 Å². The fraction of sp³-hybridized carbons (Fsp3) is 0.500. The molecule has 1 aliphatic heterocycles. The second-order valence-corrected chi connectivity index (χ2v) is 5.40. The summed E-state index contributed by atoms with van der Waals surface area (Å²) in [7, 11) is 0. The first-order valence-corrected chi connectivity index (χ1v) is 6.44. The predicted molar refractivity (Wildman–Crippen MR) is 76.1 cm³/mol. The first-order valence-electron chi connectivity index (χ1n) is 6.44. The van der Waals surface area contributed by atoms with E-state index >= 15 is 0 Å². The largest absolute Gasteiger partial charge is 0.351 e. The Morgan fingerprint density at radius 1 is 1.25 bits per heavy atom. The smallest absolute Gasteiger partial charge is 0.251 e. The summed E-state index contributed by atoms with van der Waals surface area (Å²) in [5, 5.41) is 6.03. The van der Waals surface area contributed by atoms with Gasteiger partial charge in [0, 0.05) is 18.2 Å². The van der Waals surface area contributed by atoms with Gasteiger partial charge in [-0.05, 0) is 43.5 Å². The van der Waals surface area contributed by atoms with E-state index in [1.165, 1.54) is 0 Å². The van der Waals surface area contributed by atoms with Crippen LogP contribution in [0.1, 0.15) is 30.1 Å². The van der Waals surface area contributed by atoms with Crippen molar-refractivity contribution in [1.29, 1.82) is 0 Å². The summed E-state index contributed by atoms with van der Waals surface area (Å²) in [6.45, 7) is 4.49. The molecular weight excluding hydrogens is 286 g/mol. The quantitative estimate of drug-likeness (QED) is 0.901. The Hall–Kier alpha value is -1.20. The Kier molecular flexibility index (Phi) is 5.89. The van der Waals surface area contributed by atoms with Crippen molar-refractivity contribution in [3.05, 3.63) is 35.4 Å². The lowest BCUT2D eigenvalue weighted by molar-refractivity contribution is 0.0921. The SMILES string of the molecule is CC1(CNC(=O)c2cc(F)cc(F)c2)CCNCC1.Cl. The van der Waals surface area contributed by atoms with Crippen LogP contribution in [-0.4, -0.2) is 25.5 Å². The first kappa shape index (κ1) is 16.9. The van der Waals surface area contributed by atoms with Crippen molar-refractivity contribution in [3.63, 3.8) is 0 Å². The molecule has 0 atom stereocenters. The Morgan fingerprint density at radius 3 is 2.35 bits per heavy atom. The van der Waals surface area contributed by atoms with Crippen molar-refractivity contribution in [2.24, 2.45) is 5.41 Å². The van der Waals surface area contributed by atoms with Gasteiger partial charge in [0.15, 0.2) is 0 Å². The molecule has 112 valence electrons. The molecular formula is C14H19ClF2N2O. The molecule has 20 heavy (non-hydrogen) atoms. The minimum absolute atomic E-state index is 0. The van der Waals surface area contributed by atoms with E-state index < -0.39 is 17.5 Å². The van der Waals surface area contributed by atoms with Crippen molar-refractivity contribution < 1.29 is 13.6 Å². The molecule has 6 heteroatoms. The third kappa shape index (κ3) is 4.42. The number of piperidine rings is 1. The fourth-order valence-electron chi connectivity index (χ4n) is 2.29. The minimum Gasteiger partial charge on any atom is -0.351 e. The van der Waals surface area contributed by atoms with Crippen LogP contribution >= 0.6 is 12.4 Å². The molecule has 3 nitrogen and oxygen atoms in total. The van der Waals surface area contributed by atoms with Gasteiger partial charge in [-0.25, -0.2) is 8.78 Å². The van der Waals surface area contributed by atoms with Gasteiger partial charge in [0.2, 0.25) is 0 Å². The van der Waals surface area contributed by atoms with Gasteiger partial charge in [0.05, 0.1) is 0 Å². The fourth-order valence-corrected chi connectivity index (χ4v) is 2.29. The van der Waals surface area contributed by atoms with E-state index in [0.29, 0.717) is 6.54 Å². The van der Waals surface area contributed by atoms with Gasteiger partial charge in [-0.1, -0.05) is 6.92 Å². The zero-order valence-electron chi connectivity index (χ0n) is 11.3. The van der Waals surface area contributed by atoms with E-state index in [9.17, 15) is 13.6 Å². The lowest BCUT2D eigenvalue weighted by atomic mass is 9.81. The molecule has 2 rings (SSSR count). The molecule has 0 spiro atoms. The van der Waals surface area contributed by atoms with Crippen LogP contribution < -0.4 is 10.6 Å². The van der Waals surface area contributed by atoms with Gasteiger partial charge in [-0.2, -0.15) is 0 Å². The van der Waals surface area contributed by atoms with Crippen molar-refractivity contribution in [1.82, 2.24) is 10.6 Å². The van der Waals surface area contributed by atoms with Gasteiger partial charge in [-0.3, -0.25) is 4.79 Å². The summed E-state index contributed by atoms with van der Waals surface area (Å²) < 4.78 is 26.1. The number of hydrogen-bond acceptors (Lipinski definition) is 2. The highest BCUT2D eigenvalue weighted by Gasteiger charge is 2.27. The van der Waals surface area contributed by atoms with E-state index in [2.05, 4.69) is 17.6 Å². The van der Waals surface area contributed by atoms with Crippen LogP contribution in [0.3, 0.4) is 0 Å². The lowest BCUT2D eigenvalue weighted by Crippen LogP contribution is -2.42. The topological polar surface area (TPSA) is 41.1 Å². The van der Waals surface area contributed by atoms with E-state index in [0.717, 1.165) is 44.1 Å². The standard InChI is InChI=1S/C14H18F2N2O.ClH/c1-14(2-4-17-5-3-14)9-18-13(19)10-6-11(15)8-12(16)7-10;/h6-8,17H,2-5,9H2,1H3,(H,18,19);1H. The molecule has 1 saturated heterocycles. The maximum absolute atomic E-state index is 13.0. The van der Waals surface area contributed by atoms with Gasteiger partial charge in [0.25, 0.3) is 5.91 Å². The summed E-state index contributed by atoms with van der Waals surface area (Å²) in [5.41, 5.74) is 0.0716. The second kappa shape index (κ2) is 6.99. The minimum atomic E-state index is -0.738. The lowest BCUT2D eigenvalue weighted by Gasteiger charge is -2.34. The maximum atomic E-state index is 13.0. The molecule has 0 radical (unpaired) electrons. The average Bonchev–Trinajstić information content (AvgIpc) is 2.36. The molecule has 0 unspecified atom stereocenters. The number of amides is 1. The summed E-state index contributed by atoms with van der Waals surface area (Å²) in [5.74, 6) is -1.91. The highest BCUT2D eigenvalue weighted by molar-refractivity contribution is 5.94. The number of rotatable bonds is 3. The van der Waals surface area contributed by atoms with Crippen LogP contribution in [0.4, 0.5) is 8.78 Å². The summed E-state index contributed by atoms with van der Waals surface area (Å²) >= 11 is 0. The molecule has 2 N–H and O–H groups in total. The van der Waals surface area contributed by atoms with E-state index in [-0.39, 0.29) is 23.4 Å². The van der Waals surface area contributed by atoms with Crippen LogP contribution in [0.15, 0.2) is 18.2 Å². The van der Waals surface area contributed by atoms with Gasteiger partial charge in [-0.15, -0.1) is 12.4 Å². The van der Waals surface area contributed by atoms with E-state index in [4.69, 9.17) is 0 Å². The summed E-state index contributed by atoms with van der Waals surface area (Å²) in [6, 6.07) is 2.84. The number of carbonyl (C=O) groups is 1. The van der Waals surface area contributed by atoms with Crippen LogP contribution in [-0.2, 0) is 0 Å². The Balaban J connectivity index is 0.00000200. The number of carbonyl (C=O) groups excluding carboxylic acids is 1. The molecule has 0 aromatic heterocycles. The molecule has 0 aliphatic carbocycles. The Bertz CT molecular complexity index is 456. The molecule has 1 aliphatic rings. The zero-order chi connectivity index (χ0) is 13.9. The first-order chi connectivity index (χ1) is 8.98. The highest BCUT2D eigenvalue weighted by atomic mass is 35.5. The van der Waals surface area contributed by atoms with Gasteiger partial charge >= 0.3 is 0 Å². The Labute approximate surface area is 123 Å². The normalized spacial score (nSPS) is 17.1. The molecule has 0 bridgehead atoms. The number of benzene rings is 1. The van der Waals surface area contributed by atoms with Gasteiger partial charge < -0.3 is 10.6 Å². The number of halogens is 3. The van der Waals surface area contributed by atoms with Crippen LogP contribution in [0, 0.1) is 17.0 Å². The molecule has 0 saturated carbocycles. The van der Waals surface area contributed by atoms with Crippen LogP contribution in [0.25, 0.3) is 0 Å². The van der Waals surface area contributed by atoms with Crippen molar-refractivity contribution >= 4 is 18.3 Å². The average molecular weight is 305 g/mol. The molecule has 1 aromatic rings. The predicted octanol–water partition coefficient (Wildman–Crippen LogP) is 2.51. The number of hydrogen-bond donors (Lipinski definition) is 2. The third-order valence-electron chi connectivity index (χ3n) is 3.61. The molecule has 1 amide bonds. The Morgan fingerprint density at radius 2 is 1.80 bits per heavy atom. The van der Waals surface area contributed by atoms with E-state index in [1.807, 2.05) is 0 Å². The number of nitrogens with one attached hydrogen (secondary N) is 2. The van der Waals surface area contributed by atoms with Crippen molar-refractivity contribution in [2.75, 3.05) is 19.6 Å². The summed E-state index contributed by atoms with van der Waals surface area (Å²) in [4.78, 5) is 11.9. The summed E-state index contributed by atoms with van der Waals surface area (Å²) in [6.07, 6.45) is 1.95. The molecule has 1 heterocycles. The maximum Gasteiger partial charge on any atom is 0.251 e. The highest BCUT2D eigenvalue weighted by Crippen LogP contribution is 2.26. The molecule has 1 aromatic carbocycles. The van der Waals surface area contributed by atoms with E-state index in [1.54, 1.807) is 0 Å². The monoisotopic (exact) mass is 304 g/mol.